The van der Waals surface area contributed by atoms with Crippen molar-refractivity contribution in [2.75, 3.05) is 38.5 Å². The van der Waals surface area contributed by atoms with Gasteiger partial charge in [0.1, 0.15) is 0 Å². The second-order valence-corrected chi connectivity index (χ2v) is 6.70. The zero-order chi connectivity index (χ0) is 13.5. The van der Waals surface area contributed by atoms with E-state index in [1.807, 2.05) is 20.8 Å². The minimum Gasteiger partial charge on any atom is -0.303 e. The van der Waals surface area contributed by atoms with E-state index in [1.54, 1.807) is 4.31 Å². The minimum atomic E-state index is -3.08. The van der Waals surface area contributed by atoms with Crippen LogP contribution >= 0.6 is 0 Å². The van der Waals surface area contributed by atoms with Crippen molar-refractivity contribution in [1.29, 1.82) is 0 Å². The van der Waals surface area contributed by atoms with E-state index in [0.717, 1.165) is 19.6 Å². The summed E-state index contributed by atoms with van der Waals surface area (Å²) in [6, 6.07) is 0. The summed E-state index contributed by atoms with van der Waals surface area (Å²) < 4.78 is 25.7. The van der Waals surface area contributed by atoms with Crippen molar-refractivity contribution in [2.45, 2.75) is 34.6 Å². The van der Waals surface area contributed by atoms with Gasteiger partial charge in [-0.3, -0.25) is 0 Å². The molecule has 0 bridgehead atoms. The van der Waals surface area contributed by atoms with E-state index in [-0.39, 0.29) is 11.7 Å². The molecule has 0 radical (unpaired) electrons. The largest absolute Gasteiger partial charge is 0.303 e. The lowest BCUT2D eigenvalue weighted by atomic mass is 10.3. The monoisotopic (exact) mass is 264 g/mol. The predicted molar refractivity (Wildman–Crippen MR) is 73.7 cm³/mol. The molecule has 0 amide bonds. The average Bonchev–Trinajstić information content (AvgIpc) is 2.22. The van der Waals surface area contributed by atoms with Gasteiger partial charge in [-0.15, -0.1) is 0 Å². The Morgan fingerprint density at radius 2 is 1.47 bits per heavy atom. The molecule has 0 fully saturated rings. The Balaban J connectivity index is 4.42. The van der Waals surface area contributed by atoms with Crippen molar-refractivity contribution in [3.05, 3.63) is 0 Å². The summed E-state index contributed by atoms with van der Waals surface area (Å²) in [6.07, 6.45) is 0. The van der Waals surface area contributed by atoms with Crippen LogP contribution in [-0.4, -0.2) is 56.1 Å². The third-order valence-electron chi connectivity index (χ3n) is 2.85. The molecule has 0 heterocycles. The van der Waals surface area contributed by atoms with Gasteiger partial charge in [0.25, 0.3) is 0 Å². The maximum Gasteiger partial charge on any atom is 0.214 e. The second kappa shape index (κ2) is 8.06. The molecule has 0 aliphatic heterocycles. The normalized spacial score (nSPS) is 12.9. The summed E-state index contributed by atoms with van der Waals surface area (Å²) in [4.78, 5) is 2.24. The molecule has 17 heavy (non-hydrogen) atoms. The van der Waals surface area contributed by atoms with E-state index < -0.39 is 10.0 Å². The van der Waals surface area contributed by atoms with Crippen molar-refractivity contribution in [2.24, 2.45) is 5.92 Å². The summed E-state index contributed by atoms with van der Waals surface area (Å²) in [5, 5.41) is 0. The van der Waals surface area contributed by atoms with Crippen LogP contribution in [0.1, 0.15) is 34.6 Å². The molecule has 0 aromatic carbocycles. The Kier molecular flexibility index (Phi) is 8.00. The van der Waals surface area contributed by atoms with Gasteiger partial charge in [-0.1, -0.05) is 34.6 Å². The Hall–Kier alpha value is -0.130. The first-order valence-corrected chi connectivity index (χ1v) is 8.18. The number of sulfonamides is 1. The van der Waals surface area contributed by atoms with Gasteiger partial charge in [-0.2, -0.15) is 0 Å². The molecule has 0 N–H and O–H groups in total. The van der Waals surface area contributed by atoms with E-state index in [4.69, 9.17) is 0 Å². The molecule has 4 nitrogen and oxygen atoms in total. The molecule has 0 rings (SSSR count). The maximum absolute atomic E-state index is 12.1. The second-order valence-electron chi connectivity index (χ2n) is 4.69. The minimum absolute atomic E-state index is 0.183. The van der Waals surface area contributed by atoms with Gasteiger partial charge >= 0.3 is 0 Å². The molecule has 5 heteroatoms. The molecule has 0 saturated heterocycles. The van der Waals surface area contributed by atoms with Crippen LogP contribution in [0, 0.1) is 5.92 Å². The quantitative estimate of drug-likeness (QED) is 0.635. The van der Waals surface area contributed by atoms with Crippen LogP contribution in [0.15, 0.2) is 0 Å². The zero-order valence-corrected chi connectivity index (χ0v) is 12.8. The van der Waals surface area contributed by atoms with Crippen LogP contribution in [0.25, 0.3) is 0 Å². The van der Waals surface area contributed by atoms with Gasteiger partial charge in [0.05, 0.1) is 5.75 Å². The van der Waals surface area contributed by atoms with Gasteiger partial charge < -0.3 is 4.90 Å². The fourth-order valence-corrected chi connectivity index (χ4v) is 3.62. The van der Waals surface area contributed by atoms with E-state index in [0.29, 0.717) is 13.1 Å². The first-order chi connectivity index (χ1) is 7.87. The van der Waals surface area contributed by atoms with Crippen LogP contribution in [-0.2, 0) is 10.0 Å². The molecule has 0 unspecified atom stereocenters. The molecule has 0 aliphatic rings. The molecule has 0 aromatic heterocycles. The smallest absolute Gasteiger partial charge is 0.214 e. The lowest BCUT2D eigenvalue weighted by Gasteiger charge is -2.25. The van der Waals surface area contributed by atoms with Gasteiger partial charge in [-0.25, -0.2) is 12.7 Å². The highest BCUT2D eigenvalue weighted by atomic mass is 32.2. The standard InChI is InChI=1S/C12H28N2O2S/c1-6-13(7-2)9-10-14(8-3)17(15,16)11-12(4)5/h12H,6-11H2,1-5H3. The van der Waals surface area contributed by atoms with Crippen molar-refractivity contribution >= 4 is 10.0 Å². The number of rotatable bonds is 9. The van der Waals surface area contributed by atoms with Crippen molar-refractivity contribution in [1.82, 2.24) is 9.21 Å². The summed E-state index contributed by atoms with van der Waals surface area (Å²) in [5.41, 5.74) is 0. The van der Waals surface area contributed by atoms with Crippen molar-refractivity contribution < 1.29 is 8.42 Å². The van der Waals surface area contributed by atoms with Gasteiger partial charge in [0.2, 0.25) is 10.0 Å². The summed E-state index contributed by atoms with van der Waals surface area (Å²) in [6.45, 7) is 13.9. The highest BCUT2D eigenvalue weighted by Crippen LogP contribution is 2.07. The molecule has 0 saturated carbocycles. The van der Waals surface area contributed by atoms with Crippen LogP contribution in [0.3, 0.4) is 0 Å². The molecule has 104 valence electrons. The van der Waals surface area contributed by atoms with Gasteiger partial charge in [0, 0.05) is 19.6 Å². The Bertz CT molecular complexity index is 285. The van der Waals surface area contributed by atoms with Crippen molar-refractivity contribution in [3.8, 4) is 0 Å². The third-order valence-corrected chi connectivity index (χ3v) is 5.17. The molecule has 0 aliphatic carbocycles. The maximum atomic E-state index is 12.1. The average molecular weight is 264 g/mol. The highest BCUT2D eigenvalue weighted by molar-refractivity contribution is 7.89. The number of hydrogen-bond donors (Lipinski definition) is 0. The van der Waals surface area contributed by atoms with Crippen LogP contribution < -0.4 is 0 Å². The number of hydrogen-bond acceptors (Lipinski definition) is 3. The molecular formula is C12H28N2O2S. The SMILES string of the molecule is CCN(CC)CCN(CC)S(=O)(=O)CC(C)C. The van der Waals surface area contributed by atoms with Crippen molar-refractivity contribution in [3.63, 3.8) is 0 Å². The van der Waals surface area contributed by atoms with Gasteiger partial charge in [0.15, 0.2) is 0 Å². The first kappa shape index (κ1) is 16.9. The van der Waals surface area contributed by atoms with Crippen LogP contribution in [0.5, 0.6) is 0 Å². The fraction of sp³-hybridized carbons (Fsp3) is 1.00. The lowest BCUT2D eigenvalue weighted by molar-refractivity contribution is 0.273. The topological polar surface area (TPSA) is 40.6 Å². The summed E-state index contributed by atoms with van der Waals surface area (Å²) in [7, 11) is -3.08. The zero-order valence-electron chi connectivity index (χ0n) is 11.9. The first-order valence-electron chi connectivity index (χ1n) is 6.57. The summed E-state index contributed by atoms with van der Waals surface area (Å²) in [5.74, 6) is 0.432. The van der Waals surface area contributed by atoms with E-state index in [2.05, 4.69) is 18.7 Å². The van der Waals surface area contributed by atoms with E-state index >= 15 is 0 Å². The molecule has 0 aromatic rings. The van der Waals surface area contributed by atoms with E-state index in [9.17, 15) is 8.42 Å². The van der Waals surface area contributed by atoms with Gasteiger partial charge in [-0.05, 0) is 19.0 Å². The number of nitrogens with zero attached hydrogens (tertiary/aromatic N) is 2. The highest BCUT2D eigenvalue weighted by Gasteiger charge is 2.21. The fourth-order valence-electron chi connectivity index (χ4n) is 1.81. The van der Waals surface area contributed by atoms with Crippen LogP contribution in [0.2, 0.25) is 0 Å². The molecule has 0 spiro atoms. The van der Waals surface area contributed by atoms with E-state index in [1.165, 1.54) is 0 Å². The predicted octanol–water partition coefficient (Wildman–Crippen LogP) is 1.64. The molecular weight excluding hydrogens is 236 g/mol. The third kappa shape index (κ3) is 6.38. The lowest BCUT2D eigenvalue weighted by Crippen LogP contribution is -2.40. The Morgan fingerprint density at radius 3 is 1.82 bits per heavy atom. The van der Waals surface area contributed by atoms with Crippen LogP contribution in [0.4, 0.5) is 0 Å². The Labute approximate surface area is 107 Å². The summed E-state index contributed by atoms with van der Waals surface area (Å²) >= 11 is 0. The Morgan fingerprint density at radius 1 is 0.941 bits per heavy atom. The number of likely N-dealkylation sites (N-methyl/N-ethyl adjacent to an activating group) is 2. The molecule has 0 atom stereocenters.